The summed E-state index contributed by atoms with van der Waals surface area (Å²) in [6, 6.07) is -0.186. The smallest absolute Gasteiger partial charge is 0.237 e. The van der Waals surface area contributed by atoms with Gasteiger partial charge in [0.15, 0.2) is 0 Å². The molecule has 3 N–H and O–H groups in total. The Labute approximate surface area is 111 Å². The van der Waals surface area contributed by atoms with Crippen LogP contribution >= 0.6 is 0 Å². The average Bonchev–Trinajstić information content (AvgIpc) is 2.32. The Morgan fingerprint density at radius 3 is 2.50 bits per heavy atom. The molecule has 1 amide bonds. The Kier molecular flexibility index (Phi) is 6.60. The van der Waals surface area contributed by atoms with Crippen molar-refractivity contribution < 1.29 is 4.79 Å². The van der Waals surface area contributed by atoms with Gasteiger partial charge in [0.1, 0.15) is 0 Å². The lowest BCUT2D eigenvalue weighted by Gasteiger charge is -2.34. The van der Waals surface area contributed by atoms with Crippen molar-refractivity contribution in [1.29, 1.82) is 0 Å². The fourth-order valence-corrected chi connectivity index (χ4v) is 2.26. The van der Waals surface area contributed by atoms with Gasteiger partial charge in [0.2, 0.25) is 5.91 Å². The molecular weight excluding hydrogens is 228 g/mol. The van der Waals surface area contributed by atoms with E-state index >= 15 is 0 Å². The summed E-state index contributed by atoms with van der Waals surface area (Å²) in [5.41, 5.74) is 5.80. The predicted octanol–water partition coefficient (Wildman–Crippen LogP) is -0.134. The molecule has 0 bridgehead atoms. The summed E-state index contributed by atoms with van der Waals surface area (Å²) >= 11 is 0. The summed E-state index contributed by atoms with van der Waals surface area (Å²) in [6.45, 7) is 9.38. The minimum atomic E-state index is -0.357. The molecule has 2 atom stereocenters. The molecule has 1 heterocycles. The third kappa shape index (κ3) is 5.33. The van der Waals surface area contributed by atoms with Crippen LogP contribution in [-0.2, 0) is 4.79 Å². The first kappa shape index (κ1) is 15.4. The number of piperazine rings is 1. The number of nitrogens with two attached hydrogens (primary N) is 1. The monoisotopic (exact) mass is 256 g/mol. The average molecular weight is 256 g/mol. The van der Waals surface area contributed by atoms with Crippen LogP contribution in [0.4, 0.5) is 0 Å². The maximum atomic E-state index is 11.8. The van der Waals surface area contributed by atoms with Crippen molar-refractivity contribution in [2.75, 3.05) is 39.8 Å². The van der Waals surface area contributed by atoms with E-state index in [1.54, 1.807) is 0 Å². The summed E-state index contributed by atoms with van der Waals surface area (Å²) < 4.78 is 0. The van der Waals surface area contributed by atoms with Crippen LogP contribution in [0, 0.1) is 0 Å². The molecule has 0 aromatic heterocycles. The van der Waals surface area contributed by atoms with Crippen molar-refractivity contribution in [3.05, 3.63) is 0 Å². The SMILES string of the molecule is CCCC(N)C(=O)NC(C)CN1CCN(C)CC1. The number of nitrogens with zero attached hydrogens (tertiary/aromatic N) is 2. The molecular formula is C13H28N4O. The van der Waals surface area contributed by atoms with E-state index in [0.29, 0.717) is 0 Å². The van der Waals surface area contributed by atoms with Crippen molar-refractivity contribution in [2.24, 2.45) is 5.73 Å². The lowest BCUT2D eigenvalue weighted by Crippen LogP contribution is -2.52. The van der Waals surface area contributed by atoms with Gasteiger partial charge in [0, 0.05) is 38.8 Å². The molecule has 1 rings (SSSR count). The second kappa shape index (κ2) is 7.71. The van der Waals surface area contributed by atoms with Crippen LogP contribution in [-0.4, -0.2) is 67.6 Å². The van der Waals surface area contributed by atoms with Gasteiger partial charge in [-0.2, -0.15) is 0 Å². The molecule has 0 saturated carbocycles. The Morgan fingerprint density at radius 2 is 1.94 bits per heavy atom. The zero-order chi connectivity index (χ0) is 13.5. The van der Waals surface area contributed by atoms with Crippen molar-refractivity contribution in [2.45, 2.75) is 38.8 Å². The van der Waals surface area contributed by atoms with E-state index in [2.05, 4.69) is 29.1 Å². The van der Waals surface area contributed by atoms with Crippen LogP contribution in [0.15, 0.2) is 0 Å². The number of nitrogens with one attached hydrogen (secondary N) is 1. The molecule has 0 aromatic carbocycles. The van der Waals surface area contributed by atoms with Gasteiger partial charge in [-0.3, -0.25) is 9.69 Å². The third-order valence-corrected chi connectivity index (χ3v) is 3.45. The quantitative estimate of drug-likeness (QED) is 0.695. The maximum absolute atomic E-state index is 11.8. The maximum Gasteiger partial charge on any atom is 0.237 e. The number of hydrogen-bond donors (Lipinski definition) is 2. The molecule has 106 valence electrons. The molecule has 5 heteroatoms. The Morgan fingerprint density at radius 1 is 1.33 bits per heavy atom. The van der Waals surface area contributed by atoms with Gasteiger partial charge in [-0.05, 0) is 20.4 Å². The summed E-state index contributed by atoms with van der Waals surface area (Å²) in [4.78, 5) is 16.5. The van der Waals surface area contributed by atoms with Gasteiger partial charge in [0.25, 0.3) is 0 Å². The molecule has 0 aromatic rings. The second-order valence-corrected chi connectivity index (χ2v) is 5.41. The summed E-state index contributed by atoms with van der Waals surface area (Å²) in [5.74, 6) is -0.0153. The highest BCUT2D eigenvalue weighted by atomic mass is 16.2. The van der Waals surface area contributed by atoms with Crippen LogP contribution in [0.2, 0.25) is 0 Å². The number of rotatable bonds is 6. The van der Waals surface area contributed by atoms with Gasteiger partial charge in [-0.15, -0.1) is 0 Å². The summed E-state index contributed by atoms with van der Waals surface area (Å²) in [6.07, 6.45) is 1.70. The van der Waals surface area contributed by atoms with E-state index in [1.807, 2.05) is 6.92 Å². The first-order valence-electron chi connectivity index (χ1n) is 6.99. The molecule has 18 heavy (non-hydrogen) atoms. The minimum absolute atomic E-state index is 0.0153. The highest BCUT2D eigenvalue weighted by Gasteiger charge is 2.19. The normalized spacial score (nSPS) is 21.6. The van der Waals surface area contributed by atoms with Crippen molar-refractivity contribution in [3.63, 3.8) is 0 Å². The Bertz CT molecular complexity index is 251. The molecule has 1 aliphatic heterocycles. The fourth-order valence-electron chi connectivity index (χ4n) is 2.26. The summed E-state index contributed by atoms with van der Waals surface area (Å²) in [5, 5.41) is 3.00. The zero-order valence-corrected chi connectivity index (χ0v) is 12.0. The molecule has 1 saturated heterocycles. The Balaban J connectivity index is 2.24. The summed E-state index contributed by atoms with van der Waals surface area (Å²) in [7, 11) is 2.15. The second-order valence-electron chi connectivity index (χ2n) is 5.41. The van der Waals surface area contributed by atoms with Crippen LogP contribution in [0.3, 0.4) is 0 Å². The lowest BCUT2D eigenvalue weighted by molar-refractivity contribution is -0.123. The zero-order valence-electron chi connectivity index (χ0n) is 12.0. The standard InChI is InChI=1S/C13H28N4O/c1-4-5-12(14)13(18)15-11(2)10-17-8-6-16(3)7-9-17/h11-12H,4-10,14H2,1-3H3,(H,15,18). The molecule has 2 unspecified atom stereocenters. The van der Waals surface area contributed by atoms with Gasteiger partial charge in [-0.25, -0.2) is 0 Å². The molecule has 1 aliphatic rings. The fraction of sp³-hybridized carbons (Fsp3) is 0.923. The lowest BCUT2D eigenvalue weighted by atomic mass is 10.1. The number of carbonyl (C=O) groups is 1. The van der Waals surface area contributed by atoms with Gasteiger partial charge in [-0.1, -0.05) is 13.3 Å². The first-order chi connectivity index (χ1) is 8.52. The van der Waals surface area contributed by atoms with Gasteiger partial charge >= 0.3 is 0 Å². The van der Waals surface area contributed by atoms with Crippen molar-refractivity contribution in [1.82, 2.24) is 15.1 Å². The molecule has 0 spiro atoms. The third-order valence-electron chi connectivity index (χ3n) is 3.45. The number of hydrogen-bond acceptors (Lipinski definition) is 4. The Hall–Kier alpha value is -0.650. The van der Waals surface area contributed by atoms with E-state index in [0.717, 1.165) is 45.6 Å². The van der Waals surface area contributed by atoms with Crippen LogP contribution < -0.4 is 11.1 Å². The van der Waals surface area contributed by atoms with Crippen molar-refractivity contribution in [3.8, 4) is 0 Å². The van der Waals surface area contributed by atoms with Crippen LogP contribution in [0.25, 0.3) is 0 Å². The number of likely N-dealkylation sites (N-methyl/N-ethyl adjacent to an activating group) is 1. The molecule has 0 aliphatic carbocycles. The van der Waals surface area contributed by atoms with E-state index in [1.165, 1.54) is 0 Å². The topological polar surface area (TPSA) is 61.6 Å². The molecule has 1 fully saturated rings. The van der Waals surface area contributed by atoms with E-state index in [9.17, 15) is 4.79 Å². The van der Waals surface area contributed by atoms with Crippen molar-refractivity contribution >= 4 is 5.91 Å². The van der Waals surface area contributed by atoms with E-state index in [4.69, 9.17) is 5.73 Å². The number of carbonyl (C=O) groups excluding carboxylic acids is 1. The predicted molar refractivity (Wildman–Crippen MR) is 74.4 cm³/mol. The highest BCUT2D eigenvalue weighted by Crippen LogP contribution is 2.01. The molecule has 5 nitrogen and oxygen atoms in total. The number of amides is 1. The first-order valence-corrected chi connectivity index (χ1v) is 6.99. The minimum Gasteiger partial charge on any atom is -0.351 e. The van der Waals surface area contributed by atoms with Gasteiger partial charge < -0.3 is 16.0 Å². The van der Waals surface area contributed by atoms with Crippen LogP contribution in [0.1, 0.15) is 26.7 Å². The molecule has 0 radical (unpaired) electrons. The van der Waals surface area contributed by atoms with Gasteiger partial charge in [0.05, 0.1) is 6.04 Å². The van der Waals surface area contributed by atoms with Crippen LogP contribution in [0.5, 0.6) is 0 Å². The van der Waals surface area contributed by atoms with E-state index < -0.39 is 0 Å². The largest absolute Gasteiger partial charge is 0.351 e. The van der Waals surface area contributed by atoms with E-state index in [-0.39, 0.29) is 18.0 Å². The highest BCUT2D eigenvalue weighted by molar-refractivity contribution is 5.81.